The van der Waals surface area contributed by atoms with E-state index in [2.05, 4.69) is 5.32 Å². The summed E-state index contributed by atoms with van der Waals surface area (Å²) in [7, 11) is 0. The van der Waals surface area contributed by atoms with Crippen LogP contribution < -0.4 is 5.32 Å². The van der Waals surface area contributed by atoms with Gasteiger partial charge in [-0.05, 0) is 63.1 Å². The zero-order chi connectivity index (χ0) is 30.4. The molecule has 1 heterocycles. The number of nitro groups is 1. The Kier molecular flexibility index (Phi) is 10.2. The lowest BCUT2D eigenvalue weighted by atomic mass is 9.87. The summed E-state index contributed by atoms with van der Waals surface area (Å²) in [5.74, 6) is 0. The van der Waals surface area contributed by atoms with E-state index < -0.39 is 16.6 Å². The predicted octanol–water partition coefficient (Wildman–Crippen LogP) is 6.98. The number of amides is 2. The molecular formula is C31H44N4O6. The second kappa shape index (κ2) is 13.2. The number of carbonyl (C=O) groups excluding carboxylic acids is 2. The van der Waals surface area contributed by atoms with E-state index in [1.54, 1.807) is 21.9 Å². The van der Waals surface area contributed by atoms with Crippen LogP contribution in [0.5, 0.6) is 0 Å². The Morgan fingerprint density at radius 1 is 1.10 bits per heavy atom. The molecule has 2 amide bonds. The van der Waals surface area contributed by atoms with Crippen LogP contribution in [0.2, 0.25) is 0 Å². The van der Waals surface area contributed by atoms with Crippen molar-refractivity contribution in [3.05, 3.63) is 69.8 Å². The first kappa shape index (κ1) is 31.7. The molecule has 224 valence electrons. The zero-order valence-corrected chi connectivity index (χ0v) is 25.3. The summed E-state index contributed by atoms with van der Waals surface area (Å²) in [5.41, 5.74) is 0.936. The molecule has 0 aromatic heterocycles. The standard InChI is InChI=1S/C31H44N4O6/c1-22(30(2,3)4)34(29(37)40-21-23-12-9-8-10-13-23)19-24-15-16-26(27(18-24)35(38)39)32-25-14-11-17-33(20-25)28(36)41-31(5,6)7/h8-10,12-13,15-16,18,22,25,32H,11,14,17,19-21H2,1-7H3. The van der Waals surface area contributed by atoms with Crippen molar-refractivity contribution in [3.63, 3.8) is 0 Å². The van der Waals surface area contributed by atoms with E-state index in [9.17, 15) is 19.7 Å². The first-order chi connectivity index (χ1) is 19.1. The van der Waals surface area contributed by atoms with E-state index in [-0.39, 0.29) is 42.4 Å². The third-order valence-electron chi connectivity index (χ3n) is 7.20. The third kappa shape index (κ3) is 9.37. The lowest BCUT2D eigenvalue weighted by molar-refractivity contribution is -0.384. The van der Waals surface area contributed by atoms with Crippen molar-refractivity contribution < 1.29 is 24.0 Å². The minimum Gasteiger partial charge on any atom is -0.445 e. The normalized spacial score (nSPS) is 16.5. The summed E-state index contributed by atoms with van der Waals surface area (Å²) in [6.07, 6.45) is 0.655. The van der Waals surface area contributed by atoms with Crippen LogP contribution in [-0.4, -0.2) is 57.7 Å². The van der Waals surface area contributed by atoms with Gasteiger partial charge in [-0.3, -0.25) is 10.1 Å². The molecule has 2 aromatic carbocycles. The first-order valence-corrected chi connectivity index (χ1v) is 14.1. The number of ether oxygens (including phenoxy) is 2. The van der Waals surface area contributed by atoms with Gasteiger partial charge in [0.2, 0.25) is 0 Å². The molecule has 0 radical (unpaired) electrons. The van der Waals surface area contributed by atoms with Crippen molar-refractivity contribution in [2.75, 3.05) is 18.4 Å². The quantitative estimate of drug-likeness (QED) is 0.270. The maximum atomic E-state index is 13.2. The van der Waals surface area contributed by atoms with Crippen LogP contribution in [0.25, 0.3) is 0 Å². The van der Waals surface area contributed by atoms with Gasteiger partial charge in [-0.25, -0.2) is 9.59 Å². The van der Waals surface area contributed by atoms with Gasteiger partial charge in [-0.2, -0.15) is 0 Å². The van der Waals surface area contributed by atoms with Crippen molar-refractivity contribution in [1.29, 1.82) is 0 Å². The molecule has 2 atom stereocenters. The van der Waals surface area contributed by atoms with E-state index in [1.807, 2.05) is 78.8 Å². The Hall–Kier alpha value is -3.82. The van der Waals surface area contributed by atoms with Crippen LogP contribution in [0.4, 0.5) is 21.0 Å². The number of benzene rings is 2. The summed E-state index contributed by atoms with van der Waals surface area (Å²) in [6, 6.07) is 14.0. The molecule has 10 heteroatoms. The van der Waals surface area contributed by atoms with Crippen LogP contribution in [0.15, 0.2) is 48.5 Å². The van der Waals surface area contributed by atoms with Crippen LogP contribution in [0.1, 0.15) is 72.4 Å². The minimum atomic E-state index is -0.599. The van der Waals surface area contributed by atoms with Crippen molar-refractivity contribution in [2.24, 2.45) is 5.41 Å². The molecule has 1 fully saturated rings. The smallest absolute Gasteiger partial charge is 0.410 e. The maximum absolute atomic E-state index is 13.2. The third-order valence-corrected chi connectivity index (χ3v) is 7.20. The summed E-state index contributed by atoms with van der Waals surface area (Å²) >= 11 is 0. The summed E-state index contributed by atoms with van der Waals surface area (Å²) in [5, 5.41) is 15.4. The van der Waals surface area contributed by atoms with Gasteiger partial charge < -0.3 is 24.6 Å². The number of piperidine rings is 1. The second-order valence-corrected chi connectivity index (χ2v) is 12.7. The molecule has 0 saturated carbocycles. The predicted molar refractivity (Wildman–Crippen MR) is 159 cm³/mol. The van der Waals surface area contributed by atoms with Crippen molar-refractivity contribution in [3.8, 4) is 0 Å². The fourth-order valence-electron chi connectivity index (χ4n) is 4.58. The molecular weight excluding hydrogens is 524 g/mol. The molecule has 3 rings (SSSR count). The van der Waals surface area contributed by atoms with Crippen LogP contribution in [-0.2, 0) is 22.6 Å². The fourth-order valence-corrected chi connectivity index (χ4v) is 4.58. The van der Waals surface area contributed by atoms with Gasteiger partial charge in [0.15, 0.2) is 0 Å². The molecule has 1 saturated heterocycles. The van der Waals surface area contributed by atoms with Gasteiger partial charge in [0.1, 0.15) is 17.9 Å². The van der Waals surface area contributed by atoms with E-state index in [1.165, 1.54) is 6.07 Å². The molecule has 1 aliphatic heterocycles. The molecule has 1 N–H and O–H groups in total. The number of anilines is 1. The largest absolute Gasteiger partial charge is 0.445 e. The van der Waals surface area contributed by atoms with Gasteiger partial charge in [0.05, 0.1) is 4.92 Å². The molecule has 0 aliphatic carbocycles. The van der Waals surface area contributed by atoms with Crippen molar-refractivity contribution in [1.82, 2.24) is 9.80 Å². The van der Waals surface area contributed by atoms with E-state index in [4.69, 9.17) is 9.47 Å². The summed E-state index contributed by atoms with van der Waals surface area (Å²) in [4.78, 5) is 40.7. The Labute approximate surface area is 243 Å². The SMILES string of the molecule is CC(N(Cc1ccc(NC2CCCN(C(=O)OC(C)(C)C)C2)c([N+](=O)[O-])c1)C(=O)OCc1ccccc1)C(C)(C)C. The lowest BCUT2D eigenvalue weighted by Crippen LogP contribution is -2.47. The molecule has 41 heavy (non-hydrogen) atoms. The van der Waals surface area contributed by atoms with Crippen LogP contribution in [0, 0.1) is 15.5 Å². The number of hydrogen-bond acceptors (Lipinski definition) is 7. The zero-order valence-electron chi connectivity index (χ0n) is 25.3. The van der Waals surface area contributed by atoms with Crippen molar-refractivity contribution >= 4 is 23.6 Å². The van der Waals surface area contributed by atoms with Gasteiger partial charge >= 0.3 is 12.2 Å². The Morgan fingerprint density at radius 3 is 2.39 bits per heavy atom. The van der Waals surface area contributed by atoms with Crippen LogP contribution in [0.3, 0.4) is 0 Å². The molecule has 0 spiro atoms. The Balaban J connectivity index is 1.76. The van der Waals surface area contributed by atoms with Gasteiger partial charge in [-0.15, -0.1) is 0 Å². The first-order valence-electron chi connectivity index (χ1n) is 14.1. The highest BCUT2D eigenvalue weighted by Crippen LogP contribution is 2.31. The minimum absolute atomic E-state index is 0.0853. The number of hydrogen-bond donors (Lipinski definition) is 1. The highest BCUT2D eigenvalue weighted by molar-refractivity contribution is 5.70. The van der Waals surface area contributed by atoms with Gasteiger partial charge in [-0.1, -0.05) is 57.2 Å². The topological polar surface area (TPSA) is 114 Å². The number of likely N-dealkylation sites (tertiary alicyclic amines) is 1. The number of nitrogens with one attached hydrogen (secondary N) is 1. The molecule has 2 aromatic rings. The Morgan fingerprint density at radius 2 is 1.78 bits per heavy atom. The van der Waals surface area contributed by atoms with Crippen molar-refractivity contribution in [2.45, 2.75) is 92.1 Å². The second-order valence-electron chi connectivity index (χ2n) is 12.7. The van der Waals surface area contributed by atoms with E-state index >= 15 is 0 Å². The number of nitrogens with zero attached hydrogens (tertiary/aromatic N) is 3. The lowest BCUT2D eigenvalue weighted by Gasteiger charge is -2.37. The molecule has 10 nitrogen and oxygen atoms in total. The fraction of sp³-hybridized carbons (Fsp3) is 0.548. The molecule has 2 unspecified atom stereocenters. The molecule has 0 bridgehead atoms. The number of rotatable bonds is 8. The average molecular weight is 569 g/mol. The number of carbonyl (C=O) groups is 2. The number of nitro benzene ring substituents is 1. The summed E-state index contributed by atoms with van der Waals surface area (Å²) < 4.78 is 11.1. The highest BCUT2D eigenvalue weighted by Gasteiger charge is 2.32. The Bertz CT molecular complexity index is 1210. The van der Waals surface area contributed by atoms with Crippen LogP contribution >= 0.6 is 0 Å². The van der Waals surface area contributed by atoms with Gasteiger partial charge in [0, 0.05) is 37.8 Å². The average Bonchev–Trinajstić information content (AvgIpc) is 2.90. The van der Waals surface area contributed by atoms with E-state index in [0.29, 0.717) is 24.3 Å². The maximum Gasteiger partial charge on any atom is 0.410 e. The molecule has 1 aliphatic rings. The highest BCUT2D eigenvalue weighted by atomic mass is 16.6. The van der Waals surface area contributed by atoms with E-state index in [0.717, 1.165) is 18.4 Å². The van der Waals surface area contributed by atoms with Gasteiger partial charge in [0.25, 0.3) is 5.69 Å². The summed E-state index contributed by atoms with van der Waals surface area (Å²) in [6.45, 7) is 14.8. The monoisotopic (exact) mass is 568 g/mol.